The summed E-state index contributed by atoms with van der Waals surface area (Å²) in [5, 5.41) is 0. The van der Waals surface area contributed by atoms with Crippen molar-refractivity contribution < 1.29 is 57.6 Å². The predicted octanol–water partition coefficient (Wildman–Crippen LogP) is 2.89. The monoisotopic (exact) mass is 568 g/mol. The van der Waals surface area contributed by atoms with Crippen molar-refractivity contribution in [3.63, 3.8) is 0 Å². The van der Waals surface area contributed by atoms with Gasteiger partial charge in [-0.1, -0.05) is 38.5 Å². The molecule has 6 unspecified atom stereocenters. The lowest BCUT2D eigenvalue weighted by Gasteiger charge is -2.51. The van der Waals surface area contributed by atoms with E-state index in [1.165, 1.54) is 25.0 Å². The third-order valence-corrected chi connectivity index (χ3v) is 6.47. The summed E-state index contributed by atoms with van der Waals surface area (Å²) in [6, 6.07) is 0. The van der Waals surface area contributed by atoms with E-state index >= 15 is 0 Å². The molecule has 12 heteroatoms. The number of rotatable bonds is 24. The van der Waals surface area contributed by atoms with E-state index in [1.54, 1.807) is 0 Å². The van der Waals surface area contributed by atoms with E-state index in [-0.39, 0.29) is 77.9 Å². The van der Waals surface area contributed by atoms with E-state index in [0.717, 1.165) is 0 Å². The maximum atomic E-state index is 13.3. The number of esters is 2. The highest BCUT2D eigenvalue weighted by atomic mass is 17.2. The highest BCUT2D eigenvalue weighted by Crippen LogP contribution is 2.52. The maximum absolute atomic E-state index is 13.3. The predicted molar refractivity (Wildman–Crippen MR) is 140 cm³/mol. The van der Waals surface area contributed by atoms with E-state index in [0.29, 0.717) is 0 Å². The number of hydrogen-bond acceptors (Lipinski definition) is 12. The zero-order valence-corrected chi connectivity index (χ0v) is 22.7. The fourth-order valence-electron chi connectivity index (χ4n) is 4.88. The minimum Gasteiger partial charge on any atom is -0.499 e. The van der Waals surface area contributed by atoms with Crippen molar-refractivity contribution in [1.82, 2.24) is 0 Å². The molecular formula is C28H40O12. The van der Waals surface area contributed by atoms with Gasteiger partial charge in [0, 0.05) is 0 Å². The second kappa shape index (κ2) is 19.7. The molecule has 0 aromatic carbocycles. The Morgan fingerprint density at radius 3 is 1.23 bits per heavy atom. The third-order valence-electron chi connectivity index (χ3n) is 6.47. The van der Waals surface area contributed by atoms with Gasteiger partial charge in [0.05, 0.1) is 50.1 Å². The Balaban J connectivity index is 2.21. The molecule has 0 heterocycles. The summed E-state index contributed by atoms with van der Waals surface area (Å²) in [4.78, 5) is 48.2. The number of allylic oxidation sites excluding steroid dienone is 2. The minimum absolute atomic E-state index is 0.00185. The molecule has 224 valence electrons. The second-order valence-corrected chi connectivity index (χ2v) is 8.62. The number of carbonyl (C=O) groups excluding carboxylic acids is 2. The van der Waals surface area contributed by atoms with Crippen LogP contribution in [0, 0.1) is 35.5 Å². The molecule has 0 amide bonds. The molecule has 0 aromatic rings. The van der Waals surface area contributed by atoms with Gasteiger partial charge in [-0.15, -0.1) is 0 Å². The molecule has 0 aromatic heterocycles. The van der Waals surface area contributed by atoms with Crippen molar-refractivity contribution in [1.29, 1.82) is 0 Å². The van der Waals surface area contributed by atoms with Crippen LogP contribution >= 0.6 is 0 Å². The van der Waals surface area contributed by atoms with Crippen LogP contribution in [0.2, 0.25) is 0 Å². The lowest BCUT2D eigenvalue weighted by atomic mass is 9.53. The second-order valence-electron chi connectivity index (χ2n) is 8.62. The first-order valence-corrected chi connectivity index (χ1v) is 13.0. The zero-order valence-electron chi connectivity index (χ0n) is 22.7. The lowest BCUT2D eigenvalue weighted by molar-refractivity contribution is -0.328. The smallest absolute Gasteiger partial charge is 0.310 e. The molecule has 40 heavy (non-hydrogen) atoms. The first kappa shape index (κ1) is 32.9. The summed E-state index contributed by atoms with van der Waals surface area (Å²) < 4.78 is 31.1. The summed E-state index contributed by atoms with van der Waals surface area (Å²) >= 11 is 0. The quantitative estimate of drug-likeness (QED) is 0.0424. The van der Waals surface area contributed by atoms with E-state index in [9.17, 15) is 9.59 Å². The number of carbonyl (C=O) groups is 2. The molecule has 0 spiro atoms. The van der Waals surface area contributed by atoms with E-state index in [1.807, 2.05) is 12.2 Å². The summed E-state index contributed by atoms with van der Waals surface area (Å²) in [7, 11) is 0. The molecular weight excluding hydrogens is 528 g/mol. The van der Waals surface area contributed by atoms with Gasteiger partial charge in [-0.25, -0.2) is 19.6 Å². The Morgan fingerprint density at radius 2 is 0.875 bits per heavy atom. The van der Waals surface area contributed by atoms with Crippen molar-refractivity contribution in [2.75, 3.05) is 66.1 Å². The standard InChI is InChI=1S/C28H40O12/c1-5-31-11-15-35-27(29)25-21-9-10-22(26(25)28(30)36-16-12-32-6-2)24(20-40-38-18-14-34-8-4)23(21)19-39-37-17-13-33-7-3/h5-10,21-26H,1-4,11-20H2. The number of hydrogen-bond donors (Lipinski definition) is 0. The lowest BCUT2D eigenvalue weighted by Crippen LogP contribution is -2.56. The molecule has 0 radical (unpaired) electrons. The first-order valence-electron chi connectivity index (χ1n) is 13.0. The summed E-state index contributed by atoms with van der Waals surface area (Å²) in [6.07, 6.45) is 8.95. The Bertz CT molecular complexity index is 762. The highest BCUT2D eigenvalue weighted by molar-refractivity contribution is 5.84. The number of fused-ring (bicyclic) bond motifs is 2. The molecule has 3 rings (SSSR count). The molecule has 12 nitrogen and oxygen atoms in total. The largest absolute Gasteiger partial charge is 0.499 e. The molecule has 3 aliphatic rings. The van der Waals surface area contributed by atoms with Crippen molar-refractivity contribution in [2.45, 2.75) is 0 Å². The normalized spacial score (nSPS) is 24.4. The topological polar surface area (TPSA) is 126 Å². The van der Waals surface area contributed by atoms with Crippen LogP contribution < -0.4 is 0 Å². The van der Waals surface area contributed by atoms with Gasteiger partial charge in [0.15, 0.2) is 0 Å². The average molecular weight is 569 g/mol. The van der Waals surface area contributed by atoms with Crippen molar-refractivity contribution in [2.24, 2.45) is 35.5 Å². The van der Waals surface area contributed by atoms with Crippen LogP contribution in [-0.4, -0.2) is 78.0 Å². The van der Waals surface area contributed by atoms with Gasteiger partial charge in [0.2, 0.25) is 0 Å². The molecule has 6 atom stereocenters. The SMILES string of the molecule is C=COCCOOCC1C2C=CC(C1COOCCOC=C)C(C(=O)OCCOC=C)C2C(=O)OCCOC=C. The third kappa shape index (κ3) is 10.3. The van der Waals surface area contributed by atoms with Gasteiger partial charge in [0.1, 0.15) is 52.9 Å². The van der Waals surface area contributed by atoms with Crippen molar-refractivity contribution in [3.05, 3.63) is 63.5 Å². The van der Waals surface area contributed by atoms with E-state index in [2.05, 4.69) is 26.3 Å². The summed E-state index contributed by atoms with van der Waals surface area (Å²) in [6.45, 7) is 15.3. The number of ether oxygens (including phenoxy) is 6. The summed E-state index contributed by atoms with van der Waals surface area (Å²) in [5.41, 5.74) is 0. The molecule has 3 aliphatic carbocycles. The van der Waals surface area contributed by atoms with Crippen LogP contribution in [-0.2, 0) is 57.6 Å². The minimum atomic E-state index is -0.831. The molecule has 1 fully saturated rings. The van der Waals surface area contributed by atoms with Crippen LogP contribution in [0.1, 0.15) is 0 Å². The van der Waals surface area contributed by atoms with Crippen molar-refractivity contribution >= 4 is 11.9 Å². The molecule has 0 N–H and O–H groups in total. The van der Waals surface area contributed by atoms with Crippen LogP contribution in [0.3, 0.4) is 0 Å². The molecule has 0 saturated heterocycles. The van der Waals surface area contributed by atoms with E-state index < -0.39 is 35.6 Å². The highest BCUT2D eigenvalue weighted by Gasteiger charge is 2.58. The fraction of sp³-hybridized carbons (Fsp3) is 0.571. The van der Waals surface area contributed by atoms with Gasteiger partial charge in [-0.2, -0.15) is 0 Å². The van der Waals surface area contributed by atoms with Gasteiger partial charge >= 0.3 is 11.9 Å². The zero-order chi connectivity index (χ0) is 29.0. The molecule has 2 bridgehead atoms. The average Bonchev–Trinajstić information content (AvgIpc) is 2.97. The Hall–Kier alpha value is -3.32. The Labute approximate surface area is 234 Å². The van der Waals surface area contributed by atoms with Crippen LogP contribution in [0.4, 0.5) is 0 Å². The Kier molecular flexibility index (Phi) is 16.2. The van der Waals surface area contributed by atoms with Crippen LogP contribution in [0.15, 0.2) is 63.5 Å². The fourth-order valence-corrected chi connectivity index (χ4v) is 4.88. The van der Waals surface area contributed by atoms with Gasteiger partial charge in [0.25, 0.3) is 0 Å². The first-order chi connectivity index (χ1) is 19.6. The summed E-state index contributed by atoms with van der Waals surface area (Å²) in [5.74, 6) is -4.18. The van der Waals surface area contributed by atoms with Crippen molar-refractivity contribution in [3.8, 4) is 0 Å². The Morgan fingerprint density at radius 1 is 0.525 bits per heavy atom. The van der Waals surface area contributed by atoms with Gasteiger partial charge < -0.3 is 28.4 Å². The van der Waals surface area contributed by atoms with Crippen LogP contribution in [0.5, 0.6) is 0 Å². The van der Waals surface area contributed by atoms with Gasteiger partial charge in [-0.05, 0) is 23.7 Å². The van der Waals surface area contributed by atoms with Gasteiger partial charge in [-0.3, -0.25) is 9.59 Å². The molecule has 1 saturated carbocycles. The maximum Gasteiger partial charge on any atom is 0.310 e. The van der Waals surface area contributed by atoms with Crippen LogP contribution in [0.25, 0.3) is 0 Å². The molecule has 0 aliphatic heterocycles. The van der Waals surface area contributed by atoms with E-state index in [4.69, 9.17) is 48.0 Å².